The third kappa shape index (κ3) is 12.3. The van der Waals surface area contributed by atoms with Gasteiger partial charge in [-0.3, -0.25) is 9.59 Å². The van der Waals surface area contributed by atoms with Gasteiger partial charge >= 0.3 is 24.0 Å². The van der Waals surface area contributed by atoms with Gasteiger partial charge in [0.1, 0.15) is 19.8 Å². The topological polar surface area (TPSA) is 140 Å². The molecule has 0 aliphatic carbocycles. The number of rotatable bonds is 11. The molecule has 0 heterocycles. The Labute approximate surface area is 178 Å². The average Bonchev–Trinajstić information content (AvgIpc) is 2.72. The average molecular weight is 430 g/mol. The minimum Gasteiger partial charge on any atom is -0.478 e. The molecule has 1 aromatic rings. The van der Waals surface area contributed by atoms with Crippen molar-refractivity contribution in [2.45, 2.75) is 39.9 Å². The van der Waals surface area contributed by atoms with E-state index in [4.69, 9.17) is 19.3 Å². The molecule has 0 atom stereocenters. The third-order valence-electron chi connectivity index (χ3n) is 3.29. The molecule has 3 N–H and O–H groups in total. The molecule has 0 aliphatic rings. The summed E-state index contributed by atoms with van der Waals surface area (Å²) in [5.74, 6) is -2.68. The number of esters is 2. The lowest BCUT2D eigenvalue weighted by atomic mass is 10.1. The van der Waals surface area contributed by atoms with Crippen molar-refractivity contribution >= 4 is 24.0 Å². The molecule has 1 rings (SSSR count). The van der Waals surface area contributed by atoms with E-state index in [1.807, 2.05) is 32.0 Å². The van der Waals surface area contributed by atoms with Crippen molar-refractivity contribution in [3.63, 3.8) is 0 Å². The van der Waals surface area contributed by atoms with Crippen LogP contribution in [0.5, 0.6) is 0 Å². The lowest BCUT2D eigenvalue weighted by Crippen LogP contribution is -2.40. The van der Waals surface area contributed by atoms with Crippen molar-refractivity contribution in [2.75, 3.05) is 26.2 Å². The molecule has 1 amide bonds. The summed E-state index contributed by atoms with van der Waals surface area (Å²) >= 11 is 0. The van der Waals surface area contributed by atoms with Gasteiger partial charge in [0.15, 0.2) is 0 Å². The smallest absolute Gasteiger partial charge is 0.407 e. The zero-order valence-electron chi connectivity index (χ0n) is 17.7. The maximum Gasteiger partial charge on any atom is 0.407 e. The number of carboxylic acids is 1. The van der Waals surface area contributed by atoms with E-state index in [1.165, 1.54) is 13.8 Å². The summed E-state index contributed by atoms with van der Waals surface area (Å²) in [6.07, 6.45) is -0.747. The van der Waals surface area contributed by atoms with E-state index < -0.39 is 29.6 Å². The molecule has 0 aliphatic heterocycles. The molecular formula is C20H34N2O8. The molecule has 0 aromatic heterocycles. The maximum absolute atomic E-state index is 11.5. The van der Waals surface area contributed by atoms with E-state index in [0.717, 1.165) is 5.56 Å². The first kappa shape index (κ1) is 26.9. The predicted octanol–water partition coefficient (Wildman–Crippen LogP) is 1.97. The number of carboxylic acid groups (broad SMARTS) is 1. The number of ether oxygens (including phenoxy) is 3. The highest BCUT2D eigenvalue weighted by atomic mass is 16.6. The van der Waals surface area contributed by atoms with Crippen molar-refractivity contribution in [3.8, 4) is 0 Å². The molecule has 30 heavy (non-hydrogen) atoms. The summed E-state index contributed by atoms with van der Waals surface area (Å²) in [7, 11) is 0. The Morgan fingerprint density at radius 2 is 1.63 bits per heavy atom. The Hall–Kier alpha value is -3.14. The van der Waals surface area contributed by atoms with Crippen LogP contribution in [0.1, 0.15) is 36.1 Å². The van der Waals surface area contributed by atoms with Crippen LogP contribution in [0.4, 0.5) is 4.79 Å². The summed E-state index contributed by atoms with van der Waals surface area (Å²) in [5.41, 5.74) is -0.803. The standard InChI is InChI=1S/C18H24N2O8.C2H6.2H2/c1-18(2,16(23)24)28-15(22)10-19-8-9-26-14(21)11-20-17(25)27-12-13-6-4-3-5-7-13;1-2;;/h3-7,19H,8-12H2,1-2H3,(H,20,25)(H,23,24);1-2H3;2*1H. The van der Waals surface area contributed by atoms with E-state index in [2.05, 4.69) is 10.6 Å². The summed E-state index contributed by atoms with van der Waals surface area (Å²) in [5, 5.41) is 13.8. The summed E-state index contributed by atoms with van der Waals surface area (Å²) in [6, 6.07) is 9.07. The molecule has 0 fully saturated rings. The normalized spacial score (nSPS) is 10.1. The highest BCUT2D eigenvalue weighted by molar-refractivity contribution is 5.81. The number of nitrogens with one attached hydrogen (secondary N) is 2. The second kappa shape index (κ2) is 14.8. The number of carbonyl (C=O) groups is 4. The van der Waals surface area contributed by atoms with Crippen LogP contribution in [0.15, 0.2) is 30.3 Å². The zero-order valence-corrected chi connectivity index (χ0v) is 17.7. The molecule has 172 valence electrons. The Kier molecular flexibility index (Phi) is 13.3. The first-order chi connectivity index (χ1) is 14.2. The Morgan fingerprint density at radius 1 is 1.00 bits per heavy atom. The van der Waals surface area contributed by atoms with Crippen LogP contribution in [0, 0.1) is 0 Å². The lowest BCUT2D eigenvalue weighted by Gasteiger charge is -2.19. The molecule has 1 aromatic carbocycles. The first-order valence-electron chi connectivity index (χ1n) is 9.47. The zero-order chi connectivity index (χ0) is 23.0. The van der Waals surface area contributed by atoms with Gasteiger partial charge < -0.3 is 30.0 Å². The van der Waals surface area contributed by atoms with Gasteiger partial charge in [0.25, 0.3) is 0 Å². The number of carbonyl (C=O) groups excluding carboxylic acids is 3. The number of benzene rings is 1. The van der Waals surface area contributed by atoms with Gasteiger partial charge in [0.2, 0.25) is 5.60 Å². The van der Waals surface area contributed by atoms with Crippen molar-refractivity contribution in [2.24, 2.45) is 0 Å². The van der Waals surface area contributed by atoms with E-state index in [0.29, 0.717) is 0 Å². The van der Waals surface area contributed by atoms with Crippen LogP contribution in [0.2, 0.25) is 0 Å². The monoisotopic (exact) mass is 430 g/mol. The number of hydrogen-bond donors (Lipinski definition) is 3. The van der Waals surface area contributed by atoms with Gasteiger partial charge in [-0.1, -0.05) is 44.2 Å². The highest BCUT2D eigenvalue weighted by Crippen LogP contribution is 2.08. The van der Waals surface area contributed by atoms with Crippen LogP contribution >= 0.6 is 0 Å². The summed E-state index contributed by atoms with van der Waals surface area (Å²) in [6.45, 7) is 6.10. The molecule has 0 unspecified atom stereocenters. The van der Waals surface area contributed by atoms with Crippen LogP contribution in [-0.2, 0) is 35.2 Å². The molecule has 10 heteroatoms. The van der Waals surface area contributed by atoms with Gasteiger partial charge in [0.05, 0.1) is 6.54 Å². The van der Waals surface area contributed by atoms with Gasteiger partial charge in [0, 0.05) is 9.40 Å². The molecule has 0 bridgehead atoms. The number of hydrogen-bond acceptors (Lipinski definition) is 8. The number of aliphatic carboxylic acids is 1. The molecule has 0 spiro atoms. The molecule has 0 saturated heterocycles. The molecule has 0 saturated carbocycles. The summed E-state index contributed by atoms with van der Waals surface area (Å²) < 4.78 is 14.6. The fourth-order valence-corrected chi connectivity index (χ4v) is 1.76. The fraction of sp³-hybridized carbons (Fsp3) is 0.500. The minimum absolute atomic E-state index is 0. The van der Waals surface area contributed by atoms with Crippen LogP contribution in [0.3, 0.4) is 0 Å². The van der Waals surface area contributed by atoms with Gasteiger partial charge in [-0.25, -0.2) is 9.59 Å². The van der Waals surface area contributed by atoms with E-state index >= 15 is 0 Å². The highest BCUT2D eigenvalue weighted by Gasteiger charge is 2.31. The minimum atomic E-state index is -1.62. The first-order valence-corrected chi connectivity index (χ1v) is 9.47. The van der Waals surface area contributed by atoms with E-state index in [1.54, 1.807) is 12.1 Å². The van der Waals surface area contributed by atoms with Crippen molar-refractivity contribution in [3.05, 3.63) is 35.9 Å². The van der Waals surface area contributed by atoms with E-state index in [9.17, 15) is 19.2 Å². The lowest BCUT2D eigenvalue weighted by molar-refractivity contribution is -0.173. The quantitative estimate of drug-likeness (QED) is 0.273. The second-order valence-corrected chi connectivity index (χ2v) is 6.10. The van der Waals surface area contributed by atoms with Crippen LogP contribution in [0.25, 0.3) is 0 Å². The predicted molar refractivity (Wildman–Crippen MR) is 112 cm³/mol. The Morgan fingerprint density at radius 3 is 2.23 bits per heavy atom. The maximum atomic E-state index is 11.5. The SMILES string of the molecule is CC.CC(C)(OC(=O)CNCCOC(=O)CNC(=O)OCc1ccccc1)C(=O)O.[HH].[HH]. The second-order valence-electron chi connectivity index (χ2n) is 6.10. The third-order valence-corrected chi connectivity index (χ3v) is 3.29. The van der Waals surface area contributed by atoms with Gasteiger partial charge in [-0.15, -0.1) is 0 Å². The van der Waals surface area contributed by atoms with E-state index in [-0.39, 0.29) is 35.7 Å². The van der Waals surface area contributed by atoms with Gasteiger partial charge in [-0.05, 0) is 19.4 Å². The van der Waals surface area contributed by atoms with Crippen LogP contribution < -0.4 is 10.6 Å². The number of amides is 1. The molecular weight excluding hydrogens is 396 g/mol. The summed E-state index contributed by atoms with van der Waals surface area (Å²) in [4.78, 5) is 45.3. The Balaban J connectivity index is -0.00000204. The van der Waals surface area contributed by atoms with Crippen molar-refractivity contribution in [1.29, 1.82) is 0 Å². The Bertz CT molecular complexity index is 687. The van der Waals surface area contributed by atoms with Crippen molar-refractivity contribution < 1.29 is 41.3 Å². The largest absolute Gasteiger partial charge is 0.478 e. The number of alkyl carbamates (subject to hydrolysis) is 1. The molecule has 0 radical (unpaired) electrons. The van der Waals surface area contributed by atoms with Crippen LogP contribution in [-0.4, -0.2) is 60.9 Å². The van der Waals surface area contributed by atoms with Crippen molar-refractivity contribution in [1.82, 2.24) is 10.6 Å². The molecule has 10 nitrogen and oxygen atoms in total. The fourth-order valence-electron chi connectivity index (χ4n) is 1.76. The van der Waals surface area contributed by atoms with Gasteiger partial charge in [-0.2, -0.15) is 0 Å².